The summed E-state index contributed by atoms with van der Waals surface area (Å²) in [6.07, 6.45) is 9.06. The Morgan fingerprint density at radius 1 is 1.38 bits per heavy atom. The van der Waals surface area contributed by atoms with Crippen molar-refractivity contribution in [3.05, 3.63) is 63.3 Å². The van der Waals surface area contributed by atoms with Gasteiger partial charge in [-0.05, 0) is 37.8 Å². The second kappa shape index (κ2) is 9.83. The van der Waals surface area contributed by atoms with E-state index in [1.54, 1.807) is 19.4 Å². The fourth-order valence-electron chi connectivity index (χ4n) is 4.25. The van der Waals surface area contributed by atoms with E-state index < -0.39 is 0 Å². The van der Waals surface area contributed by atoms with Crippen LogP contribution in [0.5, 0.6) is 0 Å². The van der Waals surface area contributed by atoms with Gasteiger partial charge >= 0.3 is 0 Å². The van der Waals surface area contributed by atoms with Crippen molar-refractivity contribution in [1.82, 2.24) is 14.9 Å². The SMILES string of the molecule is COC[C@H](C)NC(=O)c1c(CC2CCCC2)n(Cc2cccnc2)c(C)cc1=O. The Bertz CT molecular complexity index is 886. The number of carbonyl (C=O) groups excluding carboxylic acids is 1. The predicted octanol–water partition coefficient (Wildman–Crippen LogP) is 3.10. The highest BCUT2D eigenvalue weighted by molar-refractivity contribution is 5.95. The van der Waals surface area contributed by atoms with Crippen LogP contribution in [0.2, 0.25) is 0 Å². The number of pyridine rings is 2. The van der Waals surface area contributed by atoms with Crippen LogP contribution in [-0.4, -0.2) is 35.2 Å². The zero-order valence-corrected chi connectivity index (χ0v) is 17.6. The fourth-order valence-corrected chi connectivity index (χ4v) is 4.25. The molecule has 156 valence electrons. The van der Waals surface area contributed by atoms with Crippen molar-refractivity contribution < 1.29 is 9.53 Å². The molecule has 6 heteroatoms. The molecule has 2 aromatic heterocycles. The molecule has 0 aromatic carbocycles. The highest BCUT2D eigenvalue weighted by Crippen LogP contribution is 2.29. The quantitative estimate of drug-likeness (QED) is 0.743. The van der Waals surface area contributed by atoms with E-state index in [0.29, 0.717) is 19.1 Å². The largest absolute Gasteiger partial charge is 0.383 e. The zero-order chi connectivity index (χ0) is 20.8. The minimum atomic E-state index is -0.313. The number of hydrogen-bond donors (Lipinski definition) is 1. The van der Waals surface area contributed by atoms with Gasteiger partial charge in [-0.2, -0.15) is 0 Å². The third kappa shape index (κ3) is 5.32. The van der Waals surface area contributed by atoms with Crippen molar-refractivity contribution in [3.63, 3.8) is 0 Å². The summed E-state index contributed by atoms with van der Waals surface area (Å²) in [5.74, 6) is 0.201. The molecular formula is C23H31N3O3. The van der Waals surface area contributed by atoms with Gasteiger partial charge in [-0.15, -0.1) is 0 Å². The van der Waals surface area contributed by atoms with Crippen LogP contribution in [0.15, 0.2) is 35.4 Å². The highest BCUT2D eigenvalue weighted by atomic mass is 16.5. The first-order valence-corrected chi connectivity index (χ1v) is 10.4. The molecule has 0 saturated heterocycles. The molecule has 29 heavy (non-hydrogen) atoms. The van der Waals surface area contributed by atoms with Crippen molar-refractivity contribution in [1.29, 1.82) is 0 Å². The molecule has 0 bridgehead atoms. The number of nitrogens with one attached hydrogen (secondary N) is 1. The molecule has 0 unspecified atom stereocenters. The van der Waals surface area contributed by atoms with E-state index in [0.717, 1.165) is 36.2 Å². The summed E-state index contributed by atoms with van der Waals surface area (Å²) in [6, 6.07) is 5.33. The minimum absolute atomic E-state index is 0.167. The lowest BCUT2D eigenvalue weighted by molar-refractivity contribution is 0.0902. The maximum atomic E-state index is 13.1. The Balaban J connectivity index is 2.03. The molecule has 1 aliphatic rings. The van der Waals surface area contributed by atoms with Gasteiger partial charge in [0.15, 0.2) is 5.43 Å². The van der Waals surface area contributed by atoms with E-state index in [-0.39, 0.29) is 22.9 Å². The first-order chi connectivity index (χ1) is 14.0. The number of ether oxygens (including phenoxy) is 1. The van der Waals surface area contributed by atoms with E-state index in [1.165, 1.54) is 12.8 Å². The lowest BCUT2D eigenvalue weighted by atomic mass is 9.96. The Hall–Kier alpha value is -2.47. The van der Waals surface area contributed by atoms with Crippen LogP contribution in [0.25, 0.3) is 0 Å². The van der Waals surface area contributed by atoms with Crippen molar-refractivity contribution in [2.24, 2.45) is 5.92 Å². The molecule has 1 aliphatic carbocycles. The van der Waals surface area contributed by atoms with Gasteiger partial charge in [0.1, 0.15) is 5.56 Å². The summed E-state index contributed by atoms with van der Waals surface area (Å²) in [4.78, 5) is 30.2. The molecule has 1 saturated carbocycles. The number of hydrogen-bond acceptors (Lipinski definition) is 4. The van der Waals surface area contributed by atoms with Crippen LogP contribution in [0.3, 0.4) is 0 Å². The Morgan fingerprint density at radius 2 is 2.14 bits per heavy atom. The maximum absolute atomic E-state index is 13.1. The lowest BCUT2D eigenvalue weighted by Crippen LogP contribution is -2.40. The van der Waals surface area contributed by atoms with Crippen molar-refractivity contribution in [3.8, 4) is 0 Å². The Kier molecular flexibility index (Phi) is 7.20. The molecule has 6 nitrogen and oxygen atoms in total. The van der Waals surface area contributed by atoms with Gasteiger partial charge in [-0.25, -0.2) is 0 Å². The number of carbonyl (C=O) groups is 1. The topological polar surface area (TPSA) is 73.2 Å². The zero-order valence-electron chi connectivity index (χ0n) is 17.6. The van der Waals surface area contributed by atoms with Gasteiger partial charge in [0.2, 0.25) is 0 Å². The predicted molar refractivity (Wildman–Crippen MR) is 113 cm³/mol. The first kappa shape index (κ1) is 21.2. The first-order valence-electron chi connectivity index (χ1n) is 10.4. The molecule has 3 rings (SSSR count). The fraction of sp³-hybridized carbons (Fsp3) is 0.522. The van der Waals surface area contributed by atoms with Gasteiger partial charge in [-0.3, -0.25) is 14.6 Å². The average molecular weight is 398 g/mol. The van der Waals surface area contributed by atoms with Crippen LogP contribution in [0.1, 0.15) is 59.9 Å². The summed E-state index contributed by atoms with van der Waals surface area (Å²) >= 11 is 0. The standard InChI is InChI=1S/C23H31N3O3/c1-16(15-29-3)25-23(28)22-20(12-18-7-4-5-8-18)26(17(2)11-21(22)27)14-19-9-6-10-24-13-19/h6,9-11,13,16,18H,4-5,7-8,12,14-15H2,1-3H3,(H,25,28)/t16-/m0/s1. The van der Waals surface area contributed by atoms with Gasteiger partial charge in [0, 0.05) is 49.5 Å². The van der Waals surface area contributed by atoms with Crippen LogP contribution in [-0.2, 0) is 17.7 Å². The van der Waals surface area contributed by atoms with Crippen LogP contribution in [0.4, 0.5) is 0 Å². The Labute approximate surface area is 172 Å². The molecule has 0 radical (unpaired) electrons. The van der Waals surface area contributed by atoms with Gasteiger partial charge in [0.05, 0.1) is 6.61 Å². The van der Waals surface area contributed by atoms with E-state index >= 15 is 0 Å². The number of rotatable bonds is 8. The number of nitrogens with zero attached hydrogens (tertiary/aromatic N) is 2. The van der Waals surface area contributed by atoms with Crippen molar-refractivity contribution >= 4 is 5.91 Å². The summed E-state index contributed by atoms with van der Waals surface area (Å²) in [5, 5.41) is 2.92. The molecule has 1 fully saturated rings. The number of methoxy groups -OCH3 is 1. The minimum Gasteiger partial charge on any atom is -0.383 e. The average Bonchev–Trinajstić information content (AvgIpc) is 3.19. The van der Waals surface area contributed by atoms with Crippen molar-refractivity contribution in [2.75, 3.05) is 13.7 Å². The summed E-state index contributed by atoms with van der Waals surface area (Å²) < 4.78 is 7.24. The Morgan fingerprint density at radius 3 is 2.79 bits per heavy atom. The molecule has 1 N–H and O–H groups in total. The molecule has 0 spiro atoms. The maximum Gasteiger partial charge on any atom is 0.257 e. The van der Waals surface area contributed by atoms with Gasteiger partial charge in [-0.1, -0.05) is 31.7 Å². The summed E-state index contributed by atoms with van der Waals surface area (Å²) in [7, 11) is 1.60. The molecule has 1 amide bonds. The van der Waals surface area contributed by atoms with E-state index in [4.69, 9.17) is 4.74 Å². The van der Waals surface area contributed by atoms with E-state index in [2.05, 4.69) is 14.9 Å². The highest BCUT2D eigenvalue weighted by Gasteiger charge is 2.25. The van der Waals surface area contributed by atoms with Crippen LogP contribution in [0, 0.1) is 12.8 Å². The molecular weight excluding hydrogens is 366 g/mol. The third-order valence-electron chi connectivity index (χ3n) is 5.67. The molecule has 2 heterocycles. The third-order valence-corrected chi connectivity index (χ3v) is 5.67. The number of amides is 1. The van der Waals surface area contributed by atoms with Gasteiger partial charge in [0.25, 0.3) is 5.91 Å². The summed E-state index contributed by atoms with van der Waals surface area (Å²) in [5.41, 5.74) is 2.82. The molecule has 1 atom stereocenters. The molecule has 0 aliphatic heterocycles. The van der Waals surface area contributed by atoms with Crippen LogP contribution >= 0.6 is 0 Å². The van der Waals surface area contributed by atoms with E-state index in [9.17, 15) is 9.59 Å². The normalized spacial score (nSPS) is 15.4. The van der Waals surface area contributed by atoms with Crippen LogP contribution < -0.4 is 10.7 Å². The second-order valence-corrected chi connectivity index (χ2v) is 8.10. The second-order valence-electron chi connectivity index (χ2n) is 8.10. The summed E-state index contributed by atoms with van der Waals surface area (Å²) in [6.45, 7) is 4.81. The monoisotopic (exact) mass is 397 g/mol. The molecule has 2 aromatic rings. The number of aromatic nitrogens is 2. The smallest absolute Gasteiger partial charge is 0.257 e. The van der Waals surface area contributed by atoms with Crippen molar-refractivity contribution in [2.45, 2.75) is 58.5 Å². The lowest BCUT2D eigenvalue weighted by Gasteiger charge is -2.23. The van der Waals surface area contributed by atoms with E-state index in [1.807, 2.05) is 32.2 Å². The van der Waals surface area contributed by atoms with Gasteiger partial charge < -0.3 is 14.6 Å². The number of aryl methyl sites for hydroxylation is 1.